The lowest BCUT2D eigenvalue weighted by Gasteiger charge is -2.20. The number of rotatable bonds is 12. The third kappa shape index (κ3) is 6.46. The minimum absolute atomic E-state index is 0.169. The molecule has 1 unspecified atom stereocenters. The van der Waals surface area contributed by atoms with E-state index in [1.165, 1.54) is 17.3 Å². The van der Waals surface area contributed by atoms with Gasteiger partial charge in [0.1, 0.15) is 18.1 Å². The van der Waals surface area contributed by atoms with Crippen LogP contribution in [0.25, 0.3) is 11.0 Å². The van der Waals surface area contributed by atoms with Gasteiger partial charge in [0.15, 0.2) is 0 Å². The van der Waals surface area contributed by atoms with Gasteiger partial charge in [0.2, 0.25) is 11.8 Å². The van der Waals surface area contributed by atoms with Gasteiger partial charge in [-0.2, -0.15) is 0 Å². The third-order valence-corrected chi connectivity index (χ3v) is 7.35. The number of hydrogen-bond acceptors (Lipinski definition) is 6. The number of nitrogens with zero attached hydrogens (tertiary/aromatic N) is 3. The molecule has 9 heteroatoms. The molecule has 0 bridgehead atoms. The Bertz CT molecular complexity index is 1310. The normalized spacial score (nSPS) is 12.4. The van der Waals surface area contributed by atoms with Gasteiger partial charge >= 0.3 is 0 Å². The highest BCUT2D eigenvalue weighted by atomic mass is 32.1. The highest BCUT2D eigenvalue weighted by Gasteiger charge is 2.24. The van der Waals surface area contributed by atoms with Crippen molar-refractivity contribution in [3.63, 3.8) is 0 Å². The Labute approximate surface area is 221 Å². The minimum Gasteiger partial charge on any atom is -0.447 e. The van der Waals surface area contributed by atoms with Crippen molar-refractivity contribution in [2.75, 3.05) is 0 Å². The Morgan fingerprint density at radius 1 is 1.16 bits per heavy atom. The van der Waals surface area contributed by atoms with Crippen LogP contribution in [0.1, 0.15) is 79.9 Å². The molecule has 0 spiro atoms. The Hall–Kier alpha value is -3.46. The Morgan fingerprint density at radius 2 is 1.97 bits per heavy atom. The summed E-state index contributed by atoms with van der Waals surface area (Å²) < 4.78 is 7.52. The van der Waals surface area contributed by atoms with E-state index >= 15 is 0 Å². The summed E-state index contributed by atoms with van der Waals surface area (Å²) in [5, 5.41) is 7.82. The summed E-state index contributed by atoms with van der Waals surface area (Å²) in [6.45, 7) is 8.60. The molecule has 0 aliphatic rings. The maximum absolute atomic E-state index is 13.3. The van der Waals surface area contributed by atoms with E-state index < -0.39 is 6.04 Å². The number of imidazole rings is 1. The highest BCUT2D eigenvalue weighted by Crippen LogP contribution is 2.28. The van der Waals surface area contributed by atoms with Crippen molar-refractivity contribution in [1.29, 1.82) is 0 Å². The van der Waals surface area contributed by atoms with Gasteiger partial charge in [-0.05, 0) is 54.8 Å². The second-order valence-corrected chi connectivity index (χ2v) is 10.7. The largest absolute Gasteiger partial charge is 0.447 e. The van der Waals surface area contributed by atoms with E-state index in [0.29, 0.717) is 23.9 Å². The van der Waals surface area contributed by atoms with Crippen LogP contribution in [0.4, 0.5) is 0 Å². The zero-order valence-electron chi connectivity index (χ0n) is 21.9. The first kappa shape index (κ1) is 26.6. The van der Waals surface area contributed by atoms with E-state index in [4.69, 9.17) is 9.40 Å². The number of carbonyl (C=O) groups is 2. The smallest absolute Gasteiger partial charge is 0.252 e. The van der Waals surface area contributed by atoms with E-state index in [9.17, 15) is 9.59 Å². The topological polar surface area (TPSA) is 102 Å². The van der Waals surface area contributed by atoms with Crippen LogP contribution < -0.4 is 10.6 Å². The summed E-state index contributed by atoms with van der Waals surface area (Å²) >= 11 is 1.72. The quantitative estimate of drug-likeness (QED) is 0.256. The molecule has 0 radical (unpaired) electrons. The van der Waals surface area contributed by atoms with Crippen molar-refractivity contribution in [3.8, 4) is 0 Å². The van der Waals surface area contributed by atoms with Crippen LogP contribution >= 0.6 is 11.3 Å². The van der Waals surface area contributed by atoms with E-state index in [1.54, 1.807) is 11.3 Å². The highest BCUT2D eigenvalue weighted by molar-refractivity contribution is 7.09. The lowest BCUT2D eigenvalue weighted by atomic mass is 10.0. The predicted octanol–water partition coefficient (Wildman–Crippen LogP) is 5.50. The number of amides is 2. The summed E-state index contributed by atoms with van der Waals surface area (Å²) in [6.07, 6.45) is 6.26. The zero-order valence-corrected chi connectivity index (χ0v) is 22.7. The molecule has 0 aliphatic carbocycles. The van der Waals surface area contributed by atoms with E-state index in [1.807, 2.05) is 32.0 Å². The van der Waals surface area contributed by atoms with Crippen LogP contribution in [0.5, 0.6) is 0 Å². The second-order valence-electron chi connectivity index (χ2n) is 9.63. The number of benzene rings is 1. The van der Waals surface area contributed by atoms with Crippen LogP contribution in [0.15, 0.2) is 52.6 Å². The average Bonchev–Trinajstić information content (AvgIpc) is 3.65. The average molecular weight is 522 g/mol. The second kappa shape index (κ2) is 12.2. The van der Waals surface area contributed by atoms with Gasteiger partial charge in [-0.15, -0.1) is 11.3 Å². The summed E-state index contributed by atoms with van der Waals surface area (Å²) in [6, 6.07) is 9.48. The number of nitrogens with one attached hydrogen (secondary N) is 2. The molecule has 8 nitrogen and oxygen atoms in total. The summed E-state index contributed by atoms with van der Waals surface area (Å²) in [5.41, 5.74) is 2.30. The van der Waals surface area contributed by atoms with Gasteiger partial charge in [0.05, 0.1) is 23.8 Å². The molecule has 0 saturated carbocycles. The molecule has 0 aliphatic heterocycles. The fourth-order valence-electron chi connectivity index (χ4n) is 4.62. The Kier molecular flexibility index (Phi) is 8.76. The van der Waals surface area contributed by atoms with E-state index in [2.05, 4.69) is 51.5 Å². The van der Waals surface area contributed by atoms with Crippen molar-refractivity contribution in [2.24, 2.45) is 5.92 Å². The molecule has 4 aromatic rings. The SMILES string of the molecule is CCC(CC)n1c(Cc2cccs2)nc2cc(C(=O)NC(CC(C)C)C(=O)NCc3ncco3)ccc21. The lowest BCUT2D eigenvalue weighted by molar-refractivity contribution is -0.123. The molecule has 1 atom stereocenters. The summed E-state index contributed by atoms with van der Waals surface area (Å²) in [4.78, 5) is 36.4. The van der Waals surface area contributed by atoms with Crippen LogP contribution in [0, 0.1) is 5.92 Å². The van der Waals surface area contributed by atoms with Gasteiger partial charge in [0, 0.05) is 22.9 Å². The Balaban J connectivity index is 1.57. The summed E-state index contributed by atoms with van der Waals surface area (Å²) in [5.74, 6) is 1.08. The van der Waals surface area contributed by atoms with Gasteiger partial charge in [-0.1, -0.05) is 33.8 Å². The molecule has 3 heterocycles. The molecular weight excluding hydrogens is 486 g/mol. The first-order valence-corrected chi connectivity index (χ1v) is 13.8. The molecule has 0 fully saturated rings. The third-order valence-electron chi connectivity index (χ3n) is 6.47. The molecule has 2 amide bonds. The fraction of sp³-hybridized carbons (Fsp3) is 0.429. The first-order valence-electron chi connectivity index (χ1n) is 12.9. The molecule has 3 aromatic heterocycles. The molecule has 196 valence electrons. The molecule has 1 aromatic carbocycles. The number of oxazole rings is 1. The van der Waals surface area contributed by atoms with Gasteiger partial charge in [-0.3, -0.25) is 9.59 Å². The number of fused-ring (bicyclic) bond motifs is 1. The van der Waals surface area contributed by atoms with Crippen LogP contribution in [0.2, 0.25) is 0 Å². The maximum atomic E-state index is 13.3. The zero-order chi connectivity index (χ0) is 26.4. The van der Waals surface area contributed by atoms with Crippen LogP contribution in [-0.2, 0) is 17.8 Å². The number of carbonyl (C=O) groups excluding carboxylic acids is 2. The van der Waals surface area contributed by atoms with Gasteiger partial charge < -0.3 is 19.6 Å². The van der Waals surface area contributed by atoms with Crippen LogP contribution in [-0.4, -0.2) is 32.4 Å². The number of hydrogen-bond donors (Lipinski definition) is 2. The molecule has 0 saturated heterocycles. The molecule has 2 N–H and O–H groups in total. The first-order chi connectivity index (χ1) is 17.9. The lowest BCUT2D eigenvalue weighted by Crippen LogP contribution is -2.47. The van der Waals surface area contributed by atoms with Crippen molar-refractivity contribution in [3.05, 3.63) is 70.3 Å². The van der Waals surface area contributed by atoms with E-state index in [0.717, 1.165) is 36.1 Å². The van der Waals surface area contributed by atoms with Crippen molar-refractivity contribution in [2.45, 2.75) is 72.0 Å². The van der Waals surface area contributed by atoms with E-state index in [-0.39, 0.29) is 24.3 Å². The Morgan fingerprint density at radius 3 is 2.62 bits per heavy atom. The van der Waals surface area contributed by atoms with Gasteiger partial charge in [0.25, 0.3) is 5.91 Å². The fourth-order valence-corrected chi connectivity index (χ4v) is 5.32. The monoisotopic (exact) mass is 521 g/mol. The van der Waals surface area contributed by atoms with Crippen molar-refractivity contribution < 1.29 is 14.0 Å². The number of thiophene rings is 1. The maximum Gasteiger partial charge on any atom is 0.252 e. The predicted molar refractivity (Wildman–Crippen MR) is 146 cm³/mol. The summed E-state index contributed by atoms with van der Waals surface area (Å²) in [7, 11) is 0. The molecular formula is C28H35N5O3S. The van der Waals surface area contributed by atoms with Crippen molar-refractivity contribution >= 4 is 34.2 Å². The molecule has 4 rings (SSSR count). The van der Waals surface area contributed by atoms with Gasteiger partial charge in [-0.25, -0.2) is 9.97 Å². The standard InChI is InChI=1S/C28H35N5O3S/c1-5-20(6-2)33-24-10-9-19(15-22(24)31-25(33)16-21-8-7-13-37-21)27(34)32-23(14-18(3)4)28(35)30-17-26-29-11-12-36-26/h7-13,15,18,20,23H,5-6,14,16-17H2,1-4H3,(H,30,35)(H,32,34). The molecule has 37 heavy (non-hydrogen) atoms. The van der Waals surface area contributed by atoms with Crippen LogP contribution in [0.3, 0.4) is 0 Å². The minimum atomic E-state index is -0.672. The number of aromatic nitrogens is 3. The van der Waals surface area contributed by atoms with Crippen molar-refractivity contribution in [1.82, 2.24) is 25.2 Å².